The Morgan fingerprint density at radius 1 is 1.09 bits per heavy atom. The molecular formula is C25H27N5O3S. The predicted molar refractivity (Wildman–Crippen MR) is 133 cm³/mol. The van der Waals surface area contributed by atoms with Gasteiger partial charge in [0, 0.05) is 35.8 Å². The van der Waals surface area contributed by atoms with E-state index in [1.165, 1.54) is 11.3 Å². The van der Waals surface area contributed by atoms with Crippen molar-refractivity contribution < 1.29 is 14.4 Å². The molecule has 0 radical (unpaired) electrons. The molecule has 3 amide bonds. The van der Waals surface area contributed by atoms with Crippen LogP contribution in [0.4, 0.5) is 16.5 Å². The van der Waals surface area contributed by atoms with Crippen molar-refractivity contribution in [1.29, 1.82) is 0 Å². The normalized spacial score (nSPS) is 16.4. The van der Waals surface area contributed by atoms with Crippen molar-refractivity contribution in [3.8, 4) is 0 Å². The first-order valence-electron chi connectivity index (χ1n) is 11.4. The number of para-hydroxylation sites is 1. The van der Waals surface area contributed by atoms with Gasteiger partial charge >= 0.3 is 0 Å². The Labute approximate surface area is 202 Å². The van der Waals surface area contributed by atoms with Gasteiger partial charge in [-0.1, -0.05) is 49.8 Å². The highest BCUT2D eigenvalue weighted by Crippen LogP contribution is 2.27. The lowest BCUT2D eigenvalue weighted by atomic mass is 10.1. The van der Waals surface area contributed by atoms with Gasteiger partial charge in [-0.05, 0) is 42.8 Å². The van der Waals surface area contributed by atoms with Gasteiger partial charge < -0.3 is 10.2 Å². The first-order valence-corrected chi connectivity index (χ1v) is 12.2. The molecule has 0 bridgehead atoms. The Hall–Kier alpha value is -3.59. The molecule has 2 N–H and O–H groups in total. The van der Waals surface area contributed by atoms with Gasteiger partial charge in [-0.25, -0.2) is 0 Å². The van der Waals surface area contributed by atoms with E-state index in [0.717, 1.165) is 23.5 Å². The van der Waals surface area contributed by atoms with Crippen LogP contribution in [-0.2, 0) is 9.59 Å². The van der Waals surface area contributed by atoms with Crippen LogP contribution in [-0.4, -0.2) is 34.5 Å². The maximum atomic E-state index is 12.7. The minimum absolute atomic E-state index is 0.0673. The first-order chi connectivity index (χ1) is 16.4. The minimum Gasteiger partial charge on any atom is -0.326 e. The number of benzene rings is 2. The number of rotatable bonds is 8. The van der Waals surface area contributed by atoms with E-state index in [1.54, 1.807) is 29.2 Å². The summed E-state index contributed by atoms with van der Waals surface area (Å²) in [4.78, 5) is 39.3. The van der Waals surface area contributed by atoms with Crippen molar-refractivity contribution >= 4 is 45.6 Å². The molecule has 0 aliphatic carbocycles. The van der Waals surface area contributed by atoms with Crippen LogP contribution in [0.5, 0.6) is 0 Å². The lowest BCUT2D eigenvalue weighted by Crippen LogP contribution is -2.28. The number of hydrogen-bond acceptors (Lipinski definition) is 6. The maximum absolute atomic E-state index is 12.7. The standard InChI is InChI=1S/C25H27N5O3S/c1-3-7-16(2)24-28-29-25(34-24)27-22(32)17-10-12-19(13-11-17)26-23(33)18-14-21(31)30(15-18)20-8-5-4-6-9-20/h4-6,8-13,16,18H,3,7,14-15H2,1-2H3,(H,26,33)(H,27,29,32). The molecule has 0 spiro atoms. The fourth-order valence-electron chi connectivity index (χ4n) is 3.90. The van der Waals surface area contributed by atoms with E-state index in [2.05, 4.69) is 34.7 Å². The van der Waals surface area contributed by atoms with Crippen molar-refractivity contribution in [3.63, 3.8) is 0 Å². The molecule has 2 heterocycles. The molecule has 1 saturated heterocycles. The molecule has 9 heteroatoms. The molecule has 4 rings (SSSR count). The van der Waals surface area contributed by atoms with E-state index in [-0.39, 0.29) is 24.1 Å². The molecule has 8 nitrogen and oxygen atoms in total. The van der Waals surface area contributed by atoms with Crippen LogP contribution in [0.2, 0.25) is 0 Å². The van der Waals surface area contributed by atoms with Crippen molar-refractivity contribution in [1.82, 2.24) is 10.2 Å². The van der Waals surface area contributed by atoms with Crippen LogP contribution in [0.25, 0.3) is 0 Å². The van der Waals surface area contributed by atoms with Crippen LogP contribution in [0.15, 0.2) is 54.6 Å². The van der Waals surface area contributed by atoms with Gasteiger partial charge in [0.1, 0.15) is 5.01 Å². The Kier molecular flexibility index (Phi) is 7.32. The molecule has 1 fully saturated rings. The highest BCUT2D eigenvalue weighted by molar-refractivity contribution is 7.15. The van der Waals surface area contributed by atoms with Crippen molar-refractivity contribution in [2.24, 2.45) is 5.92 Å². The summed E-state index contributed by atoms with van der Waals surface area (Å²) in [5.41, 5.74) is 1.81. The second-order valence-electron chi connectivity index (χ2n) is 8.40. The lowest BCUT2D eigenvalue weighted by molar-refractivity contribution is -0.122. The summed E-state index contributed by atoms with van der Waals surface area (Å²) >= 11 is 1.39. The Morgan fingerprint density at radius 3 is 2.53 bits per heavy atom. The highest BCUT2D eigenvalue weighted by atomic mass is 32.1. The summed E-state index contributed by atoms with van der Waals surface area (Å²) in [5.74, 6) is -0.694. The first kappa shape index (κ1) is 23.6. The zero-order chi connectivity index (χ0) is 24.1. The molecule has 2 unspecified atom stereocenters. The van der Waals surface area contributed by atoms with E-state index in [4.69, 9.17) is 0 Å². The zero-order valence-corrected chi connectivity index (χ0v) is 20.0. The van der Waals surface area contributed by atoms with Crippen LogP contribution in [0.1, 0.15) is 54.4 Å². The van der Waals surface area contributed by atoms with Crippen molar-refractivity contribution in [3.05, 3.63) is 65.2 Å². The Bertz CT molecular complexity index is 1160. The number of aromatic nitrogens is 2. The van der Waals surface area contributed by atoms with Gasteiger partial charge in [-0.15, -0.1) is 10.2 Å². The van der Waals surface area contributed by atoms with E-state index >= 15 is 0 Å². The highest BCUT2D eigenvalue weighted by Gasteiger charge is 2.35. The Balaban J connectivity index is 1.32. The lowest BCUT2D eigenvalue weighted by Gasteiger charge is -2.16. The van der Waals surface area contributed by atoms with Gasteiger partial charge in [0.2, 0.25) is 16.9 Å². The number of nitrogens with zero attached hydrogens (tertiary/aromatic N) is 3. The molecule has 176 valence electrons. The van der Waals surface area contributed by atoms with Gasteiger partial charge in [-0.3, -0.25) is 19.7 Å². The minimum atomic E-state index is -0.433. The molecule has 34 heavy (non-hydrogen) atoms. The molecule has 0 saturated carbocycles. The summed E-state index contributed by atoms with van der Waals surface area (Å²) in [5, 5.41) is 15.3. The van der Waals surface area contributed by atoms with Crippen LogP contribution in [0, 0.1) is 5.92 Å². The van der Waals surface area contributed by atoms with Crippen LogP contribution < -0.4 is 15.5 Å². The number of hydrogen-bond donors (Lipinski definition) is 2. The van der Waals surface area contributed by atoms with Gasteiger partial charge in [0.05, 0.1) is 5.92 Å². The third kappa shape index (κ3) is 5.48. The fraction of sp³-hybridized carbons (Fsp3) is 0.320. The summed E-state index contributed by atoms with van der Waals surface area (Å²) < 4.78 is 0. The van der Waals surface area contributed by atoms with E-state index in [1.807, 2.05) is 30.3 Å². The summed E-state index contributed by atoms with van der Waals surface area (Å²) in [6.07, 6.45) is 2.25. The van der Waals surface area contributed by atoms with E-state index < -0.39 is 5.92 Å². The maximum Gasteiger partial charge on any atom is 0.257 e. The smallest absolute Gasteiger partial charge is 0.257 e. The predicted octanol–water partition coefficient (Wildman–Crippen LogP) is 4.69. The SMILES string of the molecule is CCCC(C)c1nnc(NC(=O)c2ccc(NC(=O)C3CC(=O)N(c4ccccc4)C3)cc2)s1. The average Bonchev–Trinajstić information content (AvgIpc) is 3.47. The van der Waals surface area contributed by atoms with Crippen LogP contribution >= 0.6 is 11.3 Å². The van der Waals surface area contributed by atoms with Crippen molar-refractivity contribution in [2.45, 2.75) is 39.0 Å². The quantitative estimate of drug-likeness (QED) is 0.490. The monoisotopic (exact) mass is 477 g/mol. The topological polar surface area (TPSA) is 104 Å². The molecule has 2 atom stereocenters. The second kappa shape index (κ2) is 10.6. The molecule has 1 aliphatic rings. The number of carbonyl (C=O) groups is 3. The average molecular weight is 478 g/mol. The van der Waals surface area contributed by atoms with Crippen molar-refractivity contribution in [2.75, 3.05) is 22.1 Å². The van der Waals surface area contributed by atoms with Crippen LogP contribution in [0.3, 0.4) is 0 Å². The number of amides is 3. The summed E-state index contributed by atoms with van der Waals surface area (Å²) in [6.45, 7) is 4.57. The Morgan fingerprint density at radius 2 is 1.82 bits per heavy atom. The van der Waals surface area contributed by atoms with Gasteiger partial charge in [-0.2, -0.15) is 0 Å². The summed E-state index contributed by atoms with van der Waals surface area (Å²) in [7, 11) is 0. The summed E-state index contributed by atoms with van der Waals surface area (Å²) in [6, 6.07) is 16.0. The molecular weight excluding hydrogens is 450 g/mol. The molecule has 1 aliphatic heterocycles. The van der Waals surface area contributed by atoms with E-state index in [0.29, 0.717) is 28.8 Å². The van der Waals surface area contributed by atoms with Gasteiger partial charge in [0.25, 0.3) is 5.91 Å². The molecule has 1 aromatic heterocycles. The molecule has 2 aromatic carbocycles. The second-order valence-corrected chi connectivity index (χ2v) is 9.41. The third-order valence-electron chi connectivity index (χ3n) is 5.78. The number of nitrogens with one attached hydrogen (secondary N) is 2. The third-order valence-corrected chi connectivity index (χ3v) is 6.85. The van der Waals surface area contributed by atoms with Gasteiger partial charge in [0.15, 0.2) is 0 Å². The fourth-order valence-corrected chi connectivity index (χ4v) is 4.72. The number of anilines is 3. The molecule has 3 aromatic rings. The zero-order valence-electron chi connectivity index (χ0n) is 19.2. The van der Waals surface area contributed by atoms with E-state index in [9.17, 15) is 14.4 Å². The largest absolute Gasteiger partial charge is 0.326 e. The number of carbonyl (C=O) groups excluding carboxylic acids is 3.